The van der Waals surface area contributed by atoms with E-state index in [2.05, 4.69) is 30.1 Å². The van der Waals surface area contributed by atoms with Crippen molar-refractivity contribution >= 4 is 0 Å². The molecule has 0 spiro atoms. The van der Waals surface area contributed by atoms with Crippen LogP contribution < -0.4 is 5.32 Å². The van der Waals surface area contributed by atoms with Gasteiger partial charge in [0.2, 0.25) is 0 Å². The van der Waals surface area contributed by atoms with Crippen molar-refractivity contribution in [3.8, 4) is 0 Å². The highest BCUT2D eigenvalue weighted by Crippen LogP contribution is 2.15. The van der Waals surface area contributed by atoms with E-state index in [-0.39, 0.29) is 5.54 Å². The number of nitrogens with zero attached hydrogens (tertiary/aromatic N) is 1. The third-order valence-electron chi connectivity index (χ3n) is 3.81. The number of hydrogen-bond acceptors (Lipinski definition) is 3. The molecular weight excluding hydrogens is 212 g/mol. The van der Waals surface area contributed by atoms with Gasteiger partial charge in [-0.15, -0.1) is 0 Å². The molecule has 1 N–H and O–H groups in total. The van der Waals surface area contributed by atoms with Crippen LogP contribution in [0.5, 0.6) is 0 Å². The Hall–Kier alpha value is -0.800. The molecule has 1 unspecified atom stereocenters. The number of furan rings is 1. The van der Waals surface area contributed by atoms with Crippen LogP contribution in [0.3, 0.4) is 0 Å². The van der Waals surface area contributed by atoms with E-state index in [1.165, 1.54) is 19.4 Å². The molecule has 1 aliphatic rings. The molecule has 0 aliphatic carbocycles. The second-order valence-electron chi connectivity index (χ2n) is 5.30. The molecule has 3 heteroatoms. The minimum atomic E-state index is 0.277. The van der Waals surface area contributed by atoms with Crippen molar-refractivity contribution in [3.63, 3.8) is 0 Å². The monoisotopic (exact) mass is 236 g/mol. The molecule has 1 atom stereocenters. The first-order valence-corrected chi connectivity index (χ1v) is 6.72. The van der Waals surface area contributed by atoms with Gasteiger partial charge in [-0.2, -0.15) is 0 Å². The minimum absolute atomic E-state index is 0.277. The summed E-state index contributed by atoms with van der Waals surface area (Å²) in [5.74, 6) is 1.10. The van der Waals surface area contributed by atoms with Crippen LogP contribution in [0.2, 0.25) is 0 Å². The maximum absolute atomic E-state index is 5.39. The first-order chi connectivity index (χ1) is 8.22. The largest absolute Gasteiger partial charge is 0.469 e. The van der Waals surface area contributed by atoms with Gasteiger partial charge in [-0.25, -0.2) is 0 Å². The quantitative estimate of drug-likeness (QED) is 0.869. The molecule has 2 heterocycles. The average Bonchev–Trinajstić information content (AvgIpc) is 2.77. The molecule has 1 aromatic heterocycles. The van der Waals surface area contributed by atoms with Crippen LogP contribution in [-0.4, -0.2) is 36.6 Å². The summed E-state index contributed by atoms with van der Waals surface area (Å²) in [5, 5.41) is 3.67. The molecule has 1 fully saturated rings. The van der Waals surface area contributed by atoms with Crippen LogP contribution in [0.4, 0.5) is 0 Å². The molecule has 0 bridgehead atoms. The van der Waals surface area contributed by atoms with Gasteiger partial charge in [0.05, 0.1) is 6.26 Å². The van der Waals surface area contributed by atoms with Gasteiger partial charge in [-0.05, 0) is 45.0 Å². The fraction of sp³-hybridized carbons (Fsp3) is 0.714. The lowest BCUT2D eigenvalue weighted by molar-refractivity contribution is 0.214. The van der Waals surface area contributed by atoms with Gasteiger partial charge in [0.25, 0.3) is 0 Å². The van der Waals surface area contributed by atoms with Crippen molar-refractivity contribution in [2.75, 3.05) is 26.2 Å². The highest BCUT2D eigenvalue weighted by Gasteiger charge is 2.26. The van der Waals surface area contributed by atoms with E-state index < -0.39 is 0 Å². The molecule has 3 nitrogen and oxygen atoms in total. The minimum Gasteiger partial charge on any atom is -0.469 e. The Morgan fingerprint density at radius 2 is 2.41 bits per heavy atom. The molecule has 17 heavy (non-hydrogen) atoms. The fourth-order valence-corrected chi connectivity index (χ4v) is 2.47. The third kappa shape index (κ3) is 3.58. The van der Waals surface area contributed by atoms with E-state index in [0.29, 0.717) is 0 Å². The lowest BCUT2D eigenvalue weighted by Crippen LogP contribution is -2.48. The van der Waals surface area contributed by atoms with E-state index in [1.54, 1.807) is 6.26 Å². The second-order valence-corrected chi connectivity index (χ2v) is 5.30. The first kappa shape index (κ1) is 12.7. The fourth-order valence-electron chi connectivity index (χ4n) is 2.47. The van der Waals surface area contributed by atoms with Crippen LogP contribution in [-0.2, 0) is 6.42 Å². The maximum Gasteiger partial charge on any atom is 0.105 e. The Morgan fingerprint density at radius 1 is 1.53 bits per heavy atom. The van der Waals surface area contributed by atoms with E-state index >= 15 is 0 Å². The van der Waals surface area contributed by atoms with E-state index in [4.69, 9.17) is 4.42 Å². The van der Waals surface area contributed by atoms with Crippen molar-refractivity contribution < 1.29 is 4.42 Å². The molecule has 0 aromatic carbocycles. The molecule has 1 aromatic rings. The number of hydrogen-bond donors (Lipinski definition) is 1. The van der Waals surface area contributed by atoms with Gasteiger partial charge in [0, 0.05) is 25.0 Å². The maximum atomic E-state index is 5.39. The van der Waals surface area contributed by atoms with Gasteiger partial charge in [-0.3, -0.25) is 0 Å². The summed E-state index contributed by atoms with van der Waals surface area (Å²) < 4.78 is 5.39. The van der Waals surface area contributed by atoms with Gasteiger partial charge in [-0.1, -0.05) is 6.92 Å². The van der Waals surface area contributed by atoms with Crippen LogP contribution in [0, 0.1) is 0 Å². The first-order valence-electron chi connectivity index (χ1n) is 6.72. The Bertz CT molecular complexity index is 323. The highest BCUT2D eigenvalue weighted by molar-refractivity contribution is 4.99. The summed E-state index contributed by atoms with van der Waals surface area (Å²) in [4.78, 5) is 2.56. The zero-order valence-electron chi connectivity index (χ0n) is 11.0. The summed E-state index contributed by atoms with van der Waals surface area (Å²) in [6.45, 7) is 9.18. The molecule has 2 rings (SSSR count). The third-order valence-corrected chi connectivity index (χ3v) is 3.81. The zero-order chi connectivity index (χ0) is 12.1. The lowest BCUT2D eigenvalue weighted by Gasteiger charge is -2.32. The van der Waals surface area contributed by atoms with E-state index in [9.17, 15) is 0 Å². The second kappa shape index (κ2) is 5.69. The lowest BCUT2D eigenvalue weighted by atomic mass is 9.98. The Morgan fingerprint density at radius 3 is 3.12 bits per heavy atom. The summed E-state index contributed by atoms with van der Waals surface area (Å²) in [6, 6.07) is 4.03. The molecule has 1 aliphatic heterocycles. The summed E-state index contributed by atoms with van der Waals surface area (Å²) in [6.07, 6.45) is 5.21. The topological polar surface area (TPSA) is 28.4 Å². The van der Waals surface area contributed by atoms with Gasteiger partial charge >= 0.3 is 0 Å². The van der Waals surface area contributed by atoms with Crippen LogP contribution in [0.25, 0.3) is 0 Å². The van der Waals surface area contributed by atoms with Crippen LogP contribution >= 0.6 is 0 Å². The van der Waals surface area contributed by atoms with E-state index in [0.717, 1.165) is 31.8 Å². The SMILES string of the molecule is CCC1(C)CN(CCc2ccco2)CCCN1. The summed E-state index contributed by atoms with van der Waals surface area (Å²) in [5.41, 5.74) is 0.277. The predicted octanol–water partition coefficient (Wildman–Crippen LogP) is 2.29. The van der Waals surface area contributed by atoms with Crippen molar-refractivity contribution in [2.45, 2.75) is 38.6 Å². The van der Waals surface area contributed by atoms with Crippen LogP contribution in [0.1, 0.15) is 32.4 Å². The Kier molecular flexibility index (Phi) is 4.24. The Balaban J connectivity index is 1.86. The van der Waals surface area contributed by atoms with Gasteiger partial charge < -0.3 is 14.6 Å². The van der Waals surface area contributed by atoms with Gasteiger partial charge in [0.15, 0.2) is 0 Å². The normalized spacial score (nSPS) is 26.9. The molecule has 96 valence electrons. The van der Waals surface area contributed by atoms with Crippen molar-refractivity contribution in [1.29, 1.82) is 0 Å². The molecular formula is C14H24N2O. The molecule has 0 amide bonds. The molecule has 0 radical (unpaired) electrons. The van der Waals surface area contributed by atoms with Crippen LogP contribution in [0.15, 0.2) is 22.8 Å². The standard InChI is InChI=1S/C14H24N2O/c1-3-14(2)12-16(9-5-8-15-14)10-7-13-6-4-11-17-13/h4,6,11,15H,3,5,7-10,12H2,1-2H3. The van der Waals surface area contributed by atoms with E-state index in [1.807, 2.05) is 6.07 Å². The highest BCUT2D eigenvalue weighted by atomic mass is 16.3. The zero-order valence-corrected chi connectivity index (χ0v) is 11.0. The molecule has 1 saturated heterocycles. The van der Waals surface area contributed by atoms with Gasteiger partial charge in [0.1, 0.15) is 5.76 Å². The average molecular weight is 236 g/mol. The summed E-state index contributed by atoms with van der Waals surface area (Å²) >= 11 is 0. The smallest absolute Gasteiger partial charge is 0.105 e. The van der Waals surface area contributed by atoms with Crippen molar-refractivity contribution in [2.24, 2.45) is 0 Å². The summed E-state index contributed by atoms with van der Waals surface area (Å²) in [7, 11) is 0. The number of nitrogens with one attached hydrogen (secondary N) is 1. The van der Waals surface area contributed by atoms with Crippen molar-refractivity contribution in [1.82, 2.24) is 10.2 Å². The molecule has 0 saturated carbocycles. The Labute approximate surface area is 104 Å². The number of rotatable bonds is 4. The van der Waals surface area contributed by atoms with Crippen molar-refractivity contribution in [3.05, 3.63) is 24.2 Å². The predicted molar refractivity (Wildman–Crippen MR) is 70.2 cm³/mol.